The van der Waals surface area contributed by atoms with Gasteiger partial charge in [0.05, 0.1) is 0 Å². The molecule has 0 saturated heterocycles. The highest BCUT2D eigenvalue weighted by atomic mass is 16.1. The first-order chi connectivity index (χ1) is 8.13. The second-order valence-corrected chi connectivity index (χ2v) is 4.74. The van der Waals surface area contributed by atoms with Crippen LogP contribution >= 0.6 is 0 Å². The molecule has 0 saturated carbocycles. The average molecular weight is 233 g/mol. The molecular weight excluding hydrogens is 210 g/mol. The predicted molar refractivity (Wildman–Crippen MR) is 72.1 cm³/mol. The molecule has 0 bridgehead atoms. The first-order valence-electron chi connectivity index (χ1n) is 6.41. The molecule has 0 unspecified atom stereocenters. The molecule has 17 heavy (non-hydrogen) atoms. The molecule has 0 spiro atoms. The van der Waals surface area contributed by atoms with E-state index in [2.05, 4.69) is 32.0 Å². The molecule has 2 N–H and O–H groups in total. The molecule has 0 aliphatic heterocycles. The van der Waals surface area contributed by atoms with Gasteiger partial charge in [-0.25, -0.2) is 0 Å². The van der Waals surface area contributed by atoms with E-state index in [9.17, 15) is 4.79 Å². The summed E-state index contributed by atoms with van der Waals surface area (Å²) in [6, 6.07) is 6.30. The van der Waals surface area contributed by atoms with Crippen molar-refractivity contribution < 1.29 is 4.79 Å². The Morgan fingerprint density at radius 3 is 2.65 bits per heavy atom. The third-order valence-electron chi connectivity index (χ3n) is 3.05. The van der Waals surface area contributed by atoms with Crippen molar-refractivity contribution in [2.45, 2.75) is 46.0 Å². The summed E-state index contributed by atoms with van der Waals surface area (Å²) in [6.45, 7) is 4.86. The number of rotatable bonds is 7. The lowest BCUT2D eigenvalue weighted by Crippen LogP contribution is -2.05. The van der Waals surface area contributed by atoms with Crippen molar-refractivity contribution in [3.05, 3.63) is 34.9 Å². The Labute approximate surface area is 104 Å². The minimum atomic E-state index is 0.343. The van der Waals surface area contributed by atoms with Crippen molar-refractivity contribution in [2.24, 2.45) is 5.73 Å². The Balaban J connectivity index is 2.42. The molecule has 0 aromatic heterocycles. The fourth-order valence-electron chi connectivity index (χ4n) is 1.93. The number of Topliss-reactive ketones (excluding diaryl/α,β-unsaturated/α-hetero) is 1. The van der Waals surface area contributed by atoms with Crippen LogP contribution in [-0.2, 0) is 11.2 Å². The van der Waals surface area contributed by atoms with Crippen LogP contribution in [0.25, 0.3) is 0 Å². The Morgan fingerprint density at radius 1 is 1.18 bits per heavy atom. The summed E-state index contributed by atoms with van der Waals surface area (Å²) in [5.41, 5.74) is 9.03. The second kappa shape index (κ2) is 7.23. The van der Waals surface area contributed by atoms with Gasteiger partial charge in [-0.3, -0.25) is 4.79 Å². The van der Waals surface area contributed by atoms with Gasteiger partial charge in [0.25, 0.3) is 0 Å². The molecule has 2 nitrogen and oxygen atoms in total. The maximum atomic E-state index is 11.8. The summed E-state index contributed by atoms with van der Waals surface area (Å²) in [7, 11) is 0. The van der Waals surface area contributed by atoms with E-state index in [1.54, 1.807) is 0 Å². The molecule has 1 rings (SSSR count). The minimum absolute atomic E-state index is 0.343. The van der Waals surface area contributed by atoms with E-state index in [1.807, 2.05) is 0 Å². The highest BCUT2D eigenvalue weighted by molar-refractivity contribution is 5.81. The standard InChI is InChI=1S/C15H23NO/c1-12-7-8-13(2)14(10-12)11-15(17)6-4-3-5-9-16/h7-8,10H,3-6,9,11,16H2,1-2H3. The van der Waals surface area contributed by atoms with Crippen LogP contribution in [0, 0.1) is 13.8 Å². The molecule has 0 heterocycles. The summed E-state index contributed by atoms with van der Waals surface area (Å²) < 4.78 is 0. The summed E-state index contributed by atoms with van der Waals surface area (Å²) in [4.78, 5) is 11.8. The zero-order chi connectivity index (χ0) is 12.7. The number of aryl methyl sites for hydroxylation is 2. The first kappa shape index (κ1) is 13.9. The van der Waals surface area contributed by atoms with Crippen molar-refractivity contribution in [3.63, 3.8) is 0 Å². The monoisotopic (exact) mass is 233 g/mol. The third-order valence-corrected chi connectivity index (χ3v) is 3.05. The normalized spacial score (nSPS) is 10.5. The molecule has 0 fully saturated rings. The van der Waals surface area contributed by atoms with Gasteiger partial charge >= 0.3 is 0 Å². The van der Waals surface area contributed by atoms with E-state index < -0.39 is 0 Å². The molecule has 0 aliphatic rings. The fourth-order valence-corrected chi connectivity index (χ4v) is 1.93. The fraction of sp³-hybridized carbons (Fsp3) is 0.533. The highest BCUT2D eigenvalue weighted by Crippen LogP contribution is 2.13. The number of carbonyl (C=O) groups excluding carboxylic acids is 1. The van der Waals surface area contributed by atoms with E-state index in [1.165, 1.54) is 16.7 Å². The van der Waals surface area contributed by atoms with Crippen LogP contribution in [0.5, 0.6) is 0 Å². The van der Waals surface area contributed by atoms with Crippen LogP contribution in [0.4, 0.5) is 0 Å². The van der Waals surface area contributed by atoms with Gasteiger partial charge in [-0.05, 0) is 44.4 Å². The van der Waals surface area contributed by atoms with E-state index in [4.69, 9.17) is 5.73 Å². The number of ketones is 1. The van der Waals surface area contributed by atoms with Gasteiger partial charge in [0.2, 0.25) is 0 Å². The maximum Gasteiger partial charge on any atom is 0.137 e. The Bertz CT molecular complexity index is 371. The molecule has 94 valence electrons. The summed E-state index contributed by atoms with van der Waals surface area (Å²) >= 11 is 0. The molecular formula is C15H23NO. The van der Waals surface area contributed by atoms with Crippen LogP contribution in [0.3, 0.4) is 0 Å². The maximum absolute atomic E-state index is 11.8. The van der Waals surface area contributed by atoms with Gasteiger partial charge < -0.3 is 5.73 Å². The molecule has 1 aromatic rings. The largest absolute Gasteiger partial charge is 0.330 e. The van der Waals surface area contributed by atoms with E-state index in [0.717, 1.165) is 25.8 Å². The van der Waals surface area contributed by atoms with Gasteiger partial charge in [0.15, 0.2) is 0 Å². The number of benzene rings is 1. The number of hydrogen-bond acceptors (Lipinski definition) is 2. The minimum Gasteiger partial charge on any atom is -0.330 e. The smallest absolute Gasteiger partial charge is 0.137 e. The number of unbranched alkanes of at least 4 members (excludes halogenated alkanes) is 2. The van der Waals surface area contributed by atoms with Gasteiger partial charge in [0.1, 0.15) is 5.78 Å². The topological polar surface area (TPSA) is 43.1 Å². The van der Waals surface area contributed by atoms with Crippen LogP contribution in [0.1, 0.15) is 42.4 Å². The Hall–Kier alpha value is -1.15. The van der Waals surface area contributed by atoms with Gasteiger partial charge in [0, 0.05) is 12.8 Å². The molecule has 0 radical (unpaired) electrons. The van der Waals surface area contributed by atoms with Gasteiger partial charge in [-0.1, -0.05) is 30.2 Å². The van der Waals surface area contributed by atoms with E-state index in [-0.39, 0.29) is 0 Å². The second-order valence-electron chi connectivity index (χ2n) is 4.74. The number of nitrogens with two attached hydrogens (primary N) is 1. The van der Waals surface area contributed by atoms with Crippen molar-refractivity contribution in [1.82, 2.24) is 0 Å². The van der Waals surface area contributed by atoms with Crippen molar-refractivity contribution in [2.75, 3.05) is 6.54 Å². The lowest BCUT2D eigenvalue weighted by molar-refractivity contribution is -0.118. The van der Waals surface area contributed by atoms with Crippen LogP contribution < -0.4 is 5.73 Å². The lowest BCUT2D eigenvalue weighted by atomic mass is 9.98. The first-order valence-corrected chi connectivity index (χ1v) is 6.41. The highest BCUT2D eigenvalue weighted by Gasteiger charge is 2.06. The summed E-state index contributed by atoms with van der Waals surface area (Å²) in [5.74, 6) is 0.343. The van der Waals surface area contributed by atoms with E-state index in [0.29, 0.717) is 18.6 Å². The predicted octanol–water partition coefficient (Wildman–Crippen LogP) is 2.93. The van der Waals surface area contributed by atoms with Crippen LogP contribution in [0.15, 0.2) is 18.2 Å². The zero-order valence-corrected chi connectivity index (χ0v) is 11.0. The average Bonchev–Trinajstić information content (AvgIpc) is 2.29. The van der Waals surface area contributed by atoms with Crippen molar-refractivity contribution >= 4 is 5.78 Å². The molecule has 1 aromatic carbocycles. The molecule has 2 heteroatoms. The number of hydrogen-bond donors (Lipinski definition) is 1. The van der Waals surface area contributed by atoms with Gasteiger partial charge in [-0.15, -0.1) is 0 Å². The van der Waals surface area contributed by atoms with E-state index >= 15 is 0 Å². The summed E-state index contributed by atoms with van der Waals surface area (Å²) in [6.07, 6.45) is 4.33. The van der Waals surface area contributed by atoms with Gasteiger partial charge in [-0.2, -0.15) is 0 Å². The third kappa shape index (κ3) is 5.14. The molecule has 0 amide bonds. The molecule has 0 aliphatic carbocycles. The van der Waals surface area contributed by atoms with Crippen LogP contribution in [-0.4, -0.2) is 12.3 Å². The Morgan fingerprint density at radius 2 is 1.94 bits per heavy atom. The SMILES string of the molecule is Cc1ccc(C)c(CC(=O)CCCCCN)c1. The van der Waals surface area contributed by atoms with Crippen LogP contribution in [0.2, 0.25) is 0 Å². The van der Waals surface area contributed by atoms with Crippen molar-refractivity contribution in [3.8, 4) is 0 Å². The molecule has 0 atom stereocenters. The quantitative estimate of drug-likeness (QED) is 0.736. The Kier molecular flexibility index (Phi) is 5.92. The lowest BCUT2D eigenvalue weighted by Gasteiger charge is -2.06. The number of carbonyl (C=O) groups is 1. The van der Waals surface area contributed by atoms with Crippen molar-refractivity contribution in [1.29, 1.82) is 0 Å². The zero-order valence-electron chi connectivity index (χ0n) is 11.0. The summed E-state index contributed by atoms with van der Waals surface area (Å²) in [5, 5.41) is 0.